The molecule has 1 heterocycles. The van der Waals surface area contributed by atoms with Gasteiger partial charge in [-0.3, -0.25) is 0 Å². The molecular formula is C12H16O4. The molecule has 0 bridgehead atoms. The van der Waals surface area contributed by atoms with Gasteiger partial charge >= 0.3 is 0 Å². The minimum absolute atomic E-state index is 0.370. The zero-order valence-corrected chi connectivity index (χ0v) is 8.95. The highest BCUT2D eigenvalue weighted by Crippen LogP contribution is 2.17. The summed E-state index contributed by atoms with van der Waals surface area (Å²) in [5.41, 5.74) is 1.01. The molecule has 0 radical (unpaired) electrons. The molecule has 2 rings (SSSR count). The maximum Gasteiger partial charge on any atom is 0.186 e. The Bertz CT molecular complexity index is 314. The Hall–Kier alpha value is -0.940. The van der Waals surface area contributed by atoms with E-state index in [2.05, 4.69) is 0 Å². The van der Waals surface area contributed by atoms with Crippen LogP contribution in [0, 0.1) is 0 Å². The summed E-state index contributed by atoms with van der Waals surface area (Å²) >= 11 is 0. The van der Waals surface area contributed by atoms with E-state index >= 15 is 0 Å². The van der Waals surface area contributed by atoms with Gasteiger partial charge < -0.3 is 19.7 Å². The standard InChI is InChI=1S/C12H16O4/c13-10-6-7-15-12(11(10)14)16-8-9-4-2-1-3-5-9/h1-5,10-14H,6-8H2. The van der Waals surface area contributed by atoms with E-state index in [1.807, 2.05) is 30.3 Å². The van der Waals surface area contributed by atoms with Crippen LogP contribution in [0.4, 0.5) is 0 Å². The van der Waals surface area contributed by atoms with Crippen LogP contribution >= 0.6 is 0 Å². The predicted molar refractivity (Wildman–Crippen MR) is 57.6 cm³/mol. The second-order valence-corrected chi connectivity index (χ2v) is 3.88. The number of aliphatic hydroxyl groups excluding tert-OH is 2. The molecule has 0 amide bonds. The van der Waals surface area contributed by atoms with Crippen molar-refractivity contribution in [2.45, 2.75) is 31.5 Å². The Balaban J connectivity index is 1.85. The summed E-state index contributed by atoms with van der Waals surface area (Å²) in [6.07, 6.45) is -2.00. The number of hydrogen-bond donors (Lipinski definition) is 2. The smallest absolute Gasteiger partial charge is 0.186 e. The van der Waals surface area contributed by atoms with E-state index in [0.717, 1.165) is 5.56 Å². The van der Waals surface area contributed by atoms with Crippen molar-refractivity contribution in [3.8, 4) is 0 Å². The van der Waals surface area contributed by atoms with Gasteiger partial charge in [0.1, 0.15) is 6.10 Å². The molecule has 4 nitrogen and oxygen atoms in total. The molecule has 1 aromatic rings. The quantitative estimate of drug-likeness (QED) is 0.792. The Labute approximate surface area is 94.4 Å². The number of benzene rings is 1. The van der Waals surface area contributed by atoms with Crippen molar-refractivity contribution in [3.63, 3.8) is 0 Å². The SMILES string of the molecule is OC1CCOC(OCc2ccccc2)C1O. The molecule has 1 fully saturated rings. The zero-order chi connectivity index (χ0) is 11.4. The summed E-state index contributed by atoms with van der Waals surface area (Å²) in [7, 11) is 0. The largest absolute Gasteiger partial charge is 0.390 e. The molecule has 1 aromatic carbocycles. The number of ether oxygens (including phenoxy) is 2. The average molecular weight is 224 g/mol. The van der Waals surface area contributed by atoms with Crippen LogP contribution in [0.2, 0.25) is 0 Å². The topological polar surface area (TPSA) is 58.9 Å². The predicted octanol–water partition coefficient (Wildman–Crippen LogP) is 0.671. The molecule has 0 spiro atoms. The van der Waals surface area contributed by atoms with Crippen LogP contribution in [0.15, 0.2) is 30.3 Å². The summed E-state index contributed by atoms with van der Waals surface area (Å²) in [5.74, 6) is 0. The van der Waals surface area contributed by atoms with E-state index in [-0.39, 0.29) is 0 Å². The fourth-order valence-electron chi connectivity index (χ4n) is 1.65. The van der Waals surface area contributed by atoms with Gasteiger partial charge in [0.2, 0.25) is 0 Å². The molecule has 0 aliphatic carbocycles. The number of aliphatic hydroxyl groups is 2. The number of rotatable bonds is 3. The molecular weight excluding hydrogens is 208 g/mol. The van der Waals surface area contributed by atoms with Gasteiger partial charge in [-0.15, -0.1) is 0 Å². The highest BCUT2D eigenvalue weighted by atomic mass is 16.7. The van der Waals surface area contributed by atoms with Gasteiger partial charge in [0.05, 0.1) is 19.3 Å². The van der Waals surface area contributed by atoms with Crippen molar-refractivity contribution in [2.75, 3.05) is 6.61 Å². The second-order valence-electron chi connectivity index (χ2n) is 3.88. The van der Waals surface area contributed by atoms with Crippen molar-refractivity contribution < 1.29 is 19.7 Å². The van der Waals surface area contributed by atoms with Gasteiger partial charge in [0.25, 0.3) is 0 Å². The lowest BCUT2D eigenvalue weighted by molar-refractivity contribution is -0.247. The monoisotopic (exact) mass is 224 g/mol. The average Bonchev–Trinajstić information content (AvgIpc) is 2.32. The van der Waals surface area contributed by atoms with Gasteiger partial charge in [0.15, 0.2) is 6.29 Å². The molecule has 3 unspecified atom stereocenters. The molecule has 1 aliphatic rings. The molecule has 3 atom stereocenters. The second kappa shape index (κ2) is 5.41. The summed E-state index contributed by atoms with van der Waals surface area (Å²) in [6, 6.07) is 9.65. The van der Waals surface area contributed by atoms with Crippen molar-refractivity contribution in [1.82, 2.24) is 0 Å². The molecule has 16 heavy (non-hydrogen) atoms. The molecule has 1 aliphatic heterocycles. The van der Waals surface area contributed by atoms with Crippen molar-refractivity contribution in [3.05, 3.63) is 35.9 Å². The highest BCUT2D eigenvalue weighted by molar-refractivity contribution is 5.13. The van der Waals surface area contributed by atoms with E-state index in [1.165, 1.54) is 0 Å². The summed E-state index contributed by atoms with van der Waals surface area (Å²) < 4.78 is 10.7. The van der Waals surface area contributed by atoms with Crippen molar-refractivity contribution >= 4 is 0 Å². The minimum Gasteiger partial charge on any atom is -0.390 e. The first-order chi connectivity index (χ1) is 7.77. The third-order valence-corrected chi connectivity index (χ3v) is 2.63. The lowest BCUT2D eigenvalue weighted by atomic mass is 10.1. The lowest BCUT2D eigenvalue weighted by Crippen LogP contribution is -2.45. The number of hydrogen-bond acceptors (Lipinski definition) is 4. The van der Waals surface area contributed by atoms with Crippen LogP contribution in [0.5, 0.6) is 0 Å². The van der Waals surface area contributed by atoms with E-state index in [4.69, 9.17) is 9.47 Å². The normalized spacial score (nSPS) is 30.2. The summed E-state index contributed by atoms with van der Waals surface area (Å²) in [6.45, 7) is 0.785. The van der Waals surface area contributed by atoms with Crippen molar-refractivity contribution in [1.29, 1.82) is 0 Å². The van der Waals surface area contributed by atoms with Crippen LogP contribution in [0.25, 0.3) is 0 Å². The van der Waals surface area contributed by atoms with Gasteiger partial charge in [0, 0.05) is 0 Å². The van der Waals surface area contributed by atoms with Crippen LogP contribution in [-0.4, -0.2) is 35.3 Å². The third-order valence-electron chi connectivity index (χ3n) is 2.63. The van der Waals surface area contributed by atoms with E-state index in [1.54, 1.807) is 0 Å². The molecule has 1 saturated heterocycles. The van der Waals surface area contributed by atoms with E-state index < -0.39 is 18.5 Å². The third kappa shape index (κ3) is 2.80. The maximum atomic E-state index is 9.62. The molecule has 2 N–H and O–H groups in total. The minimum atomic E-state index is -0.961. The molecule has 88 valence electrons. The van der Waals surface area contributed by atoms with Crippen LogP contribution in [0.1, 0.15) is 12.0 Å². The van der Waals surface area contributed by atoms with Crippen molar-refractivity contribution in [2.24, 2.45) is 0 Å². The lowest BCUT2D eigenvalue weighted by Gasteiger charge is -2.31. The van der Waals surface area contributed by atoms with Gasteiger partial charge in [-0.05, 0) is 12.0 Å². The van der Waals surface area contributed by atoms with Gasteiger partial charge in [-0.1, -0.05) is 30.3 Å². The van der Waals surface area contributed by atoms with Crippen LogP contribution in [0.3, 0.4) is 0 Å². The zero-order valence-electron chi connectivity index (χ0n) is 8.95. The van der Waals surface area contributed by atoms with E-state index in [0.29, 0.717) is 19.6 Å². The molecule has 0 aromatic heterocycles. The van der Waals surface area contributed by atoms with Crippen LogP contribution < -0.4 is 0 Å². The first-order valence-electron chi connectivity index (χ1n) is 5.40. The molecule has 4 heteroatoms. The fourth-order valence-corrected chi connectivity index (χ4v) is 1.65. The summed E-state index contributed by atoms with van der Waals surface area (Å²) in [4.78, 5) is 0. The Kier molecular flexibility index (Phi) is 3.90. The summed E-state index contributed by atoms with van der Waals surface area (Å²) in [5, 5.41) is 19.1. The van der Waals surface area contributed by atoms with Crippen LogP contribution in [-0.2, 0) is 16.1 Å². The Morgan fingerprint density at radius 3 is 2.75 bits per heavy atom. The van der Waals surface area contributed by atoms with Gasteiger partial charge in [-0.25, -0.2) is 0 Å². The van der Waals surface area contributed by atoms with E-state index in [9.17, 15) is 10.2 Å². The maximum absolute atomic E-state index is 9.62. The molecule has 0 saturated carbocycles. The first-order valence-corrected chi connectivity index (χ1v) is 5.40. The Morgan fingerprint density at radius 1 is 1.25 bits per heavy atom. The first kappa shape index (κ1) is 11.5. The fraction of sp³-hybridized carbons (Fsp3) is 0.500. The Morgan fingerprint density at radius 2 is 2.00 bits per heavy atom. The highest BCUT2D eigenvalue weighted by Gasteiger charge is 2.31. The van der Waals surface area contributed by atoms with Gasteiger partial charge in [-0.2, -0.15) is 0 Å².